The molecular formula is C23H29Cl2N3O5S2. The number of benzene rings is 2. The van der Waals surface area contributed by atoms with Gasteiger partial charge in [-0.2, -0.15) is 3.71 Å². The molecule has 0 bridgehead atoms. The molecule has 0 aliphatic carbocycles. The van der Waals surface area contributed by atoms with Crippen molar-refractivity contribution in [2.75, 3.05) is 42.9 Å². The van der Waals surface area contributed by atoms with E-state index in [1.54, 1.807) is 42.3 Å². The molecule has 12 heteroatoms. The number of halogens is 2. The van der Waals surface area contributed by atoms with Gasteiger partial charge in [-0.1, -0.05) is 41.4 Å². The third kappa shape index (κ3) is 7.10. The van der Waals surface area contributed by atoms with E-state index >= 15 is 0 Å². The Labute approximate surface area is 217 Å². The van der Waals surface area contributed by atoms with Gasteiger partial charge in [0.15, 0.2) is 0 Å². The molecule has 3 rings (SSSR count). The van der Waals surface area contributed by atoms with Crippen molar-refractivity contribution in [3.05, 3.63) is 63.6 Å². The van der Waals surface area contributed by atoms with Crippen LogP contribution in [0.25, 0.3) is 0 Å². The van der Waals surface area contributed by atoms with E-state index in [1.165, 1.54) is 12.1 Å². The maximum atomic E-state index is 13.3. The molecule has 0 N–H and O–H groups in total. The van der Waals surface area contributed by atoms with Gasteiger partial charge in [-0.05, 0) is 61.3 Å². The number of likely N-dealkylation sites (tertiary alicyclic amines) is 1. The van der Waals surface area contributed by atoms with E-state index in [4.69, 9.17) is 23.2 Å². The highest BCUT2D eigenvalue weighted by Gasteiger charge is 2.30. The summed E-state index contributed by atoms with van der Waals surface area (Å²) in [5.41, 5.74) is 1.35. The molecule has 1 saturated heterocycles. The zero-order valence-electron chi connectivity index (χ0n) is 19.8. The van der Waals surface area contributed by atoms with E-state index in [2.05, 4.69) is 4.90 Å². The Morgan fingerprint density at radius 1 is 0.971 bits per heavy atom. The van der Waals surface area contributed by atoms with Gasteiger partial charge in [0.05, 0.1) is 40.7 Å². The second kappa shape index (κ2) is 11.0. The minimum Gasteiger partial charge on any atom is -0.337 e. The number of carbonyl (C=O) groups is 1. The first-order valence-electron chi connectivity index (χ1n) is 11.0. The van der Waals surface area contributed by atoms with Crippen molar-refractivity contribution in [1.29, 1.82) is 0 Å². The lowest BCUT2D eigenvalue weighted by Gasteiger charge is -2.33. The molecule has 2 aromatic carbocycles. The summed E-state index contributed by atoms with van der Waals surface area (Å²) in [6.45, 7) is 2.32. The van der Waals surface area contributed by atoms with Gasteiger partial charge in [0, 0.05) is 13.6 Å². The van der Waals surface area contributed by atoms with Crippen LogP contribution in [0.3, 0.4) is 0 Å². The summed E-state index contributed by atoms with van der Waals surface area (Å²) >= 11 is 12.1. The molecular weight excluding hydrogens is 533 g/mol. The van der Waals surface area contributed by atoms with Gasteiger partial charge in [-0.3, -0.25) is 4.79 Å². The minimum absolute atomic E-state index is 0.00394. The van der Waals surface area contributed by atoms with Gasteiger partial charge in [-0.15, -0.1) is 0 Å². The van der Waals surface area contributed by atoms with Crippen LogP contribution < -0.4 is 3.71 Å². The number of carbonyl (C=O) groups excluding carboxylic acids is 1. The van der Waals surface area contributed by atoms with Gasteiger partial charge in [0.25, 0.3) is 0 Å². The molecule has 1 fully saturated rings. The third-order valence-corrected chi connectivity index (χ3v) is 9.89. The molecule has 8 nitrogen and oxygen atoms in total. The van der Waals surface area contributed by atoms with Crippen LogP contribution >= 0.6 is 23.2 Å². The highest BCUT2D eigenvalue weighted by atomic mass is 35.5. The number of likely N-dealkylation sites (N-methyl/N-ethyl adjacent to an activating group) is 1. The van der Waals surface area contributed by atoms with E-state index in [9.17, 15) is 21.6 Å². The van der Waals surface area contributed by atoms with E-state index in [1.807, 2.05) is 0 Å². The number of sulfonamides is 2. The van der Waals surface area contributed by atoms with Crippen molar-refractivity contribution < 1.29 is 21.6 Å². The molecule has 1 aliphatic rings. The molecule has 35 heavy (non-hydrogen) atoms. The number of anilines is 1. The van der Waals surface area contributed by atoms with Crippen molar-refractivity contribution >= 4 is 54.8 Å². The fraction of sp³-hybridized carbons (Fsp3) is 0.435. The molecule has 1 atom stereocenters. The first-order chi connectivity index (χ1) is 16.3. The SMILES string of the molecule is CN(C(=O)Cc1ccc(Cl)c(Cl)c1)C(CN1CCCC1)c1cccc(N(S(C)(=O)=O)S(C)(=O)=O)c1. The lowest BCUT2D eigenvalue weighted by atomic mass is 10.0. The van der Waals surface area contributed by atoms with Crippen LogP contribution in [-0.4, -0.2) is 71.7 Å². The number of rotatable bonds is 9. The maximum Gasteiger partial charge on any atom is 0.245 e. The quantitative estimate of drug-likeness (QED) is 0.464. The molecule has 0 radical (unpaired) electrons. The van der Waals surface area contributed by atoms with Crippen molar-refractivity contribution in [2.45, 2.75) is 25.3 Å². The maximum absolute atomic E-state index is 13.3. The second-order valence-corrected chi connectivity index (χ2v) is 13.5. The minimum atomic E-state index is -4.09. The van der Waals surface area contributed by atoms with Crippen LogP contribution in [0.5, 0.6) is 0 Å². The summed E-state index contributed by atoms with van der Waals surface area (Å²) in [5, 5.41) is 0.767. The van der Waals surface area contributed by atoms with Gasteiger partial charge in [0.1, 0.15) is 0 Å². The average molecular weight is 563 g/mol. The second-order valence-electron chi connectivity index (χ2n) is 8.77. The summed E-state index contributed by atoms with van der Waals surface area (Å²) in [4.78, 5) is 17.1. The standard InChI is InChI=1S/C23H29Cl2N3O5S2/c1-26(23(29)14-17-9-10-20(24)21(25)13-17)22(16-27-11-4-5-12-27)18-7-6-8-19(15-18)28(34(2,30)31)35(3,32)33/h6-10,13,15,22H,4-5,11-12,14,16H2,1-3H3. The fourth-order valence-corrected chi connectivity index (χ4v) is 7.54. The molecule has 1 amide bonds. The fourth-order valence-electron chi connectivity index (χ4n) is 4.26. The van der Waals surface area contributed by atoms with Crippen molar-refractivity contribution in [3.8, 4) is 0 Å². The van der Waals surface area contributed by atoms with Gasteiger partial charge < -0.3 is 9.80 Å². The third-order valence-electron chi connectivity index (χ3n) is 5.90. The van der Waals surface area contributed by atoms with Crippen LogP contribution in [0.4, 0.5) is 5.69 Å². The largest absolute Gasteiger partial charge is 0.337 e. The lowest BCUT2D eigenvalue weighted by Crippen LogP contribution is -2.39. The zero-order chi connectivity index (χ0) is 26.0. The predicted octanol–water partition coefficient (Wildman–Crippen LogP) is 3.56. The Kier molecular flexibility index (Phi) is 8.75. The van der Waals surface area contributed by atoms with Crippen LogP contribution in [0, 0.1) is 0 Å². The molecule has 0 spiro atoms. The molecule has 192 valence electrons. The summed E-state index contributed by atoms with van der Waals surface area (Å²) in [7, 11) is -6.50. The molecule has 0 aromatic heterocycles. The van der Waals surface area contributed by atoms with Crippen molar-refractivity contribution in [3.63, 3.8) is 0 Å². The first kappa shape index (κ1) is 27.7. The lowest BCUT2D eigenvalue weighted by molar-refractivity contribution is -0.131. The van der Waals surface area contributed by atoms with E-state index in [0.29, 0.717) is 31.4 Å². The number of hydrogen-bond acceptors (Lipinski definition) is 6. The Balaban J connectivity index is 1.96. The highest BCUT2D eigenvalue weighted by molar-refractivity contribution is 8.09. The van der Waals surface area contributed by atoms with E-state index in [-0.39, 0.29) is 18.0 Å². The normalized spacial score (nSPS) is 15.7. The van der Waals surface area contributed by atoms with E-state index in [0.717, 1.165) is 38.4 Å². The topological polar surface area (TPSA) is 95.1 Å². The smallest absolute Gasteiger partial charge is 0.245 e. The average Bonchev–Trinajstić information content (AvgIpc) is 3.25. The van der Waals surface area contributed by atoms with Gasteiger partial charge in [-0.25, -0.2) is 16.8 Å². The predicted molar refractivity (Wildman–Crippen MR) is 140 cm³/mol. The van der Waals surface area contributed by atoms with Crippen LogP contribution in [0.2, 0.25) is 10.0 Å². The Bertz CT molecular complexity index is 1260. The summed E-state index contributed by atoms with van der Waals surface area (Å²) in [6, 6.07) is 10.9. The molecule has 2 aromatic rings. The Morgan fingerprint density at radius 3 is 2.17 bits per heavy atom. The first-order valence-corrected chi connectivity index (χ1v) is 15.4. The molecule has 1 unspecified atom stereocenters. The summed E-state index contributed by atoms with van der Waals surface area (Å²) < 4.78 is 49.6. The Morgan fingerprint density at radius 2 is 1.60 bits per heavy atom. The van der Waals surface area contributed by atoms with E-state index < -0.39 is 26.1 Å². The van der Waals surface area contributed by atoms with Gasteiger partial charge >= 0.3 is 0 Å². The summed E-state index contributed by atoms with van der Waals surface area (Å²) in [5.74, 6) is -0.166. The number of hydrogen-bond donors (Lipinski definition) is 0. The van der Waals surface area contributed by atoms with Crippen molar-refractivity contribution in [2.24, 2.45) is 0 Å². The van der Waals surface area contributed by atoms with Crippen molar-refractivity contribution in [1.82, 2.24) is 9.80 Å². The molecule has 1 aliphatic heterocycles. The van der Waals surface area contributed by atoms with Crippen LogP contribution in [-0.2, 0) is 31.3 Å². The monoisotopic (exact) mass is 561 g/mol. The zero-order valence-corrected chi connectivity index (χ0v) is 23.0. The molecule has 1 heterocycles. The summed E-state index contributed by atoms with van der Waals surface area (Å²) in [6.07, 6.45) is 3.90. The number of nitrogens with zero attached hydrogens (tertiary/aromatic N) is 3. The number of amides is 1. The van der Waals surface area contributed by atoms with Crippen LogP contribution in [0.15, 0.2) is 42.5 Å². The van der Waals surface area contributed by atoms with Crippen LogP contribution in [0.1, 0.15) is 30.0 Å². The molecule has 0 saturated carbocycles. The van der Waals surface area contributed by atoms with Gasteiger partial charge in [0.2, 0.25) is 26.0 Å². The highest BCUT2D eigenvalue weighted by Crippen LogP contribution is 2.30. The Hall–Kier alpha value is -1.85.